The van der Waals surface area contributed by atoms with Crippen LogP contribution in [0.2, 0.25) is 0 Å². The maximum atomic E-state index is 11.0. The van der Waals surface area contributed by atoms with Crippen LogP contribution in [-0.2, 0) is 24.3 Å². The molecule has 0 aromatic carbocycles. The molecule has 0 saturated carbocycles. The molecule has 0 aromatic rings. The van der Waals surface area contributed by atoms with Gasteiger partial charge in [0.2, 0.25) is 0 Å². The lowest BCUT2D eigenvalue weighted by Gasteiger charge is -2.45. The molecule has 154 valence electrons. The highest BCUT2D eigenvalue weighted by molar-refractivity contribution is 7.85. The Labute approximate surface area is 147 Å². The van der Waals surface area contributed by atoms with Crippen molar-refractivity contribution in [2.24, 2.45) is 0 Å². The van der Waals surface area contributed by atoms with Crippen molar-refractivity contribution >= 4 is 10.1 Å². The van der Waals surface area contributed by atoms with Crippen molar-refractivity contribution in [3.05, 3.63) is 0 Å². The highest BCUT2D eigenvalue weighted by atomic mass is 32.2. The predicted molar refractivity (Wildman–Crippen MR) is 77.9 cm³/mol. The van der Waals surface area contributed by atoms with Crippen LogP contribution in [0.15, 0.2) is 0 Å². The summed E-state index contributed by atoms with van der Waals surface area (Å²) in [7, 11) is -4.62. The second kappa shape index (κ2) is 8.26. The molecule has 2 saturated heterocycles. The van der Waals surface area contributed by atoms with Crippen LogP contribution in [0.25, 0.3) is 0 Å². The molecule has 2 aliphatic rings. The first-order valence-electron chi connectivity index (χ1n) is 7.57. The third-order valence-electron chi connectivity index (χ3n) is 4.17. The molecular formula is C12H22O13S. The molecule has 0 aromatic heterocycles. The Morgan fingerprint density at radius 2 is 1.42 bits per heavy atom. The summed E-state index contributed by atoms with van der Waals surface area (Å²) in [5, 5.41) is 67.9. The fourth-order valence-electron chi connectivity index (χ4n) is 2.76. The Hall–Kier alpha value is -0.490. The first kappa shape index (κ1) is 21.8. The standard InChI is InChI=1S/C12H22O13S/c13-1-3-10(7(16)8(17)11(19)23-3)25-12-9(18)6(15)5(14)4(24-12)2-26(20,21)22/h3-19H,1-2H2,(H,20,21,22)/t3-,4-,5+,6+,7-,8-,9-,10-,11-,12+/m1/s1. The van der Waals surface area contributed by atoms with E-state index in [2.05, 4.69) is 0 Å². The Morgan fingerprint density at radius 3 is 1.96 bits per heavy atom. The van der Waals surface area contributed by atoms with E-state index in [0.29, 0.717) is 0 Å². The van der Waals surface area contributed by atoms with Gasteiger partial charge in [0, 0.05) is 0 Å². The maximum absolute atomic E-state index is 11.0. The molecule has 0 aliphatic carbocycles. The lowest BCUT2D eigenvalue weighted by atomic mass is 9.97. The van der Waals surface area contributed by atoms with Crippen molar-refractivity contribution in [3.8, 4) is 0 Å². The minimum Gasteiger partial charge on any atom is -0.394 e. The van der Waals surface area contributed by atoms with Gasteiger partial charge >= 0.3 is 0 Å². The van der Waals surface area contributed by atoms with Gasteiger partial charge in [-0.05, 0) is 0 Å². The van der Waals surface area contributed by atoms with Crippen molar-refractivity contribution in [2.45, 2.75) is 61.4 Å². The summed E-state index contributed by atoms with van der Waals surface area (Å²) in [6, 6.07) is 0. The van der Waals surface area contributed by atoms with Crippen LogP contribution in [-0.4, -0.2) is 122 Å². The molecule has 2 rings (SSSR count). The van der Waals surface area contributed by atoms with Crippen LogP contribution in [0.5, 0.6) is 0 Å². The van der Waals surface area contributed by atoms with Crippen molar-refractivity contribution in [1.29, 1.82) is 0 Å². The van der Waals surface area contributed by atoms with E-state index in [1.54, 1.807) is 0 Å². The van der Waals surface area contributed by atoms with Crippen molar-refractivity contribution in [2.75, 3.05) is 12.4 Å². The summed E-state index contributed by atoms with van der Waals surface area (Å²) in [6.07, 6.45) is -17.6. The van der Waals surface area contributed by atoms with Crippen molar-refractivity contribution in [1.82, 2.24) is 0 Å². The van der Waals surface area contributed by atoms with Gasteiger partial charge in [-0.15, -0.1) is 0 Å². The maximum Gasteiger partial charge on any atom is 0.267 e. The Balaban J connectivity index is 2.17. The molecule has 0 spiro atoms. The van der Waals surface area contributed by atoms with Gasteiger partial charge in [0.15, 0.2) is 12.6 Å². The van der Waals surface area contributed by atoms with Crippen LogP contribution in [0, 0.1) is 0 Å². The van der Waals surface area contributed by atoms with Gasteiger partial charge in [-0.25, -0.2) is 0 Å². The first-order chi connectivity index (χ1) is 12.0. The average molecular weight is 406 g/mol. The van der Waals surface area contributed by atoms with E-state index >= 15 is 0 Å². The minimum atomic E-state index is -4.62. The zero-order valence-corrected chi connectivity index (χ0v) is 14.0. The molecule has 14 heteroatoms. The molecular weight excluding hydrogens is 384 g/mol. The Bertz CT molecular complexity index is 567. The number of aliphatic hydroxyl groups is 7. The van der Waals surface area contributed by atoms with E-state index in [1.165, 1.54) is 0 Å². The number of hydrogen-bond donors (Lipinski definition) is 8. The smallest absolute Gasteiger partial charge is 0.267 e. The van der Waals surface area contributed by atoms with E-state index in [1.807, 2.05) is 0 Å². The molecule has 26 heavy (non-hydrogen) atoms. The molecule has 2 aliphatic heterocycles. The highest BCUT2D eigenvalue weighted by Gasteiger charge is 2.50. The van der Waals surface area contributed by atoms with E-state index in [9.17, 15) is 44.2 Å². The van der Waals surface area contributed by atoms with Crippen LogP contribution >= 0.6 is 0 Å². The van der Waals surface area contributed by atoms with Gasteiger partial charge in [-0.3, -0.25) is 4.55 Å². The summed E-state index contributed by atoms with van der Waals surface area (Å²) in [5.74, 6) is -1.12. The normalized spacial score (nSPS) is 47.7. The summed E-state index contributed by atoms with van der Waals surface area (Å²) in [6.45, 7) is -0.770. The number of hydrogen-bond acceptors (Lipinski definition) is 12. The SMILES string of the molecule is O=S(=O)(O)C[C@H]1O[C@@H](O[C@H]2[C@H](O)[C@@H](O)[C@H](O)O[C@@H]2CO)[C@H](O)[C@@H](O)[C@H]1O. The summed E-state index contributed by atoms with van der Waals surface area (Å²) < 4.78 is 46.0. The summed E-state index contributed by atoms with van der Waals surface area (Å²) in [4.78, 5) is 0. The van der Waals surface area contributed by atoms with Crippen LogP contribution < -0.4 is 0 Å². The van der Waals surface area contributed by atoms with Gasteiger partial charge < -0.3 is 50.0 Å². The molecule has 2 heterocycles. The molecule has 0 amide bonds. The first-order valence-corrected chi connectivity index (χ1v) is 9.18. The molecule has 10 atom stereocenters. The van der Waals surface area contributed by atoms with Gasteiger partial charge in [0.25, 0.3) is 10.1 Å². The van der Waals surface area contributed by atoms with Crippen LogP contribution in [0.3, 0.4) is 0 Å². The average Bonchev–Trinajstić information content (AvgIpc) is 2.55. The van der Waals surface area contributed by atoms with Crippen molar-refractivity contribution in [3.63, 3.8) is 0 Å². The number of ether oxygens (including phenoxy) is 3. The summed E-state index contributed by atoms with van der Waals surface area (Å²) in [5.41, 5.74) is 0. The van der Waals surface area contributed by atoms with E-state index in [-0.39, 0.29) is 0 Å². The zero-order valence-electron chi connectivity index (χ0n) is 13.2. The third kappa shape index (κ3) is 4.67. The largest absolute Gasteiger partial charge is 0.394 e. The van der Waals surface area contributed by atoms with Gasteiger partial charge in [-0.2, -0.15) is 8.42 Å². The quantitative estimate of drug-likeness (QED) is 0.200. The van der Waals surface area contributed by atoms with Gasteiger partial charge in [0.1, 0.15) is 54.6 Å². The van der Waals surface area contributed by atoms with E-state index < -0.39 is 83.9 Å². The van der Waals surface area contributed by atoms with Crippen molar-refractivity contribution < 1.29 is 62.9 Å². The Kier molecular flexibility index (Phi) is 6.92. The minimum absolute atomic E-state index is 0.770. The monoisotopic (exact) mass is 406 g/mol. The molecule has 13 nitrogen and oxygen atoms in total. The fourth-order valence-corrected chi connectivity index (χ4v) is 3.46. The molecule has 0 unspecified atom stereocenters. The second-order valence-electron chi connectivity index (χ2n) is 6.09. The predicted octanol–water partition coefficient (Wildman–Crippen LogP) is -5.50. The molecule has 0 bridgehead atoms. The summed E-state index contributed by atoms with van der Waals surface area (Å²) >= 11 is 0. The zero-order chi connectivity index (χ0) is 19.8. The Morgan fingerprint density at radius 1 is 0.808 bits per heavy atom. The number of aliphatic hydroxyl groups excluding tert-OH is 7. The molecule has 2 fully saturated rings. The third-order valence-corrected chi connectivity index (χ3v) is 4.92. The van der Waals surface area contributed by atoms with E-state index in [4.69, 9.17) is 18.8 Å². The topological polar surface area (TPSA) is 224 Å². The van der Waals surface area contributed by atoms with Crippen LogP contribution in [0.4, 0.5) is 0 Å². The molecule has 0 radical (unpaired) electrons. The second-order valence-corrected chi connectivity index (χ2v) is 7.59. The van der Waals surface area contributed by atoms with Gasteiger partial charge in [-0.1, -0.05) is 0 Å². The van der Waals surface area contributed by atoms with Gasteiger partial charge in [0.05, 0.1) is 6.61 Å². The highest BCUT2D eigenvalue weighted by Crippen LogP contribution is 2.28. The lowest BCUT2D eigenvalue weighted by Crippen LogP contribution is -2.64. The molecule has 8 N–H and O–H groups in total. The lowest BCUT2D eigenvalue weighted by molar-refractivity contribution is -0.351. The fraction of sp³-hybridized carbons (Fsp3) is 1.00. The van der Waals surface area contributed by atoms with E-state index in [0.717, 1.165) is 0 Å². The number of rotatable bonds is 5. The van der Waals surface area contributed by atoms with Crippen LogP contribution in [0.1, 0.15) is 0 Å².